The molecule has 0 saturated carbocycles. The van der Waals surface area contributed by atoms with Crippen LogP contribution in [0.2, 0.25) is 0 Å². The molecule has 0 radical (unpaired) electrons. The molecule has 0 saturated heterocycles. The van der Waals surface area contributed by atoms with Gasteiger partial charge in [0.25, 0.3) is 0 Å². The summed E-state index contributed by atoms with van der Waals surface area (Å²) < 4.78 is 9.42. The van der Waals surface area contributed by atoms with Gasteiger partial charge >= 0.3 is 5.97 Å². The second-order valence-corrected chi connectivity index (χ2v) is 5.02. The van der Waals surface area contributed by atoms with Crippen LogP contribution in [0.1, 0.15) is 18.1 Å². The van der Waals surface area contributed by atoms with Crippen LogP contribution in [0.4, 0.5) is 0 Å². The lowest BCUT2D eigenvalue weighted by Crippen LogP contribution is -2.30. The van der Waals surface area contributed by atoms with Crippen LogP contribution in [0.3, 0.4) is 0 Å². The lowest BCUT2D eigenvalue weighted by molar-refractivity contribution is -0.136. The molecule has 0 bridgehead atoms. The standard InChI is InChI=1S/C8H9ClO.C8H15NO2/c1-10-8(9)7-5-3-2-4-6-7;1-6(8(10)11-5)7(2)9(3)4/h2-6,8H,1H3;7H,1H2,2-5H3. The van der Waals surface area contributed by atoms with E-state index in [1.165, 1.54) is 7.11 Å². The van der Waals surface area contributed by atoms with E-state index in [1.807, 2.05) is 56.3 Å². The average Bonchev–Trinajstić information content (AvgIpc) is 2.53. The van der Waals surface area contributed by atoms with Gasteiger partial charge in [0, 0.05) is 18.7 Å². The van der Waals surface area contributed by atoms with Gasteiger partial charge in [-0.15, -0.1) is 0 Å². The Balaban J connectivity index is 0.000000382. The molecule has 0 spiro atoms. The molecular formula is C16H24ClNO3. The van der Waals surface area contributed by atoms with Crippen molar-refractivity contribution in [2.24, 2.45) is 0 Å². The van der Waals surface area contributed by atoms with Crippen LogP contribution in [0.5, 0.6) is 0 Å². The van der Waals surface area contributed by atoms with Gasteiger partial charge in [0.2, 0.25) is 0 Å². The topological polar surface area (TPSA) is 38.8 Å². The van der Waals surface area contributed by atoms with Gasteiger partial charge in [-0.1, -0.05) is 48.5 Å². The molecule has 0 aliphatic carbocycles. The van der Waals surface area contributed by atoms with E-state index in [9.17, 15) is 4.79 Å². The molecule has 5 heteroatoms. The minimum atomic E-state index is -0.341. The quantitative estimate of drug-likeness (QED) is 0.475. The third-order valence-corrected chi connectivity index (χ3v) is 3.43. The van der Waals surface area contributed by atoms with Gasteiger partial charge < -0.3 is 14.4 Å². The number of carbonyl (C=O) groups excluding carboxylic acids is 1. The fraction of sp³-hybridized carbons (Fsp3) is 0.438. The van der Waals surface area contributed by atoms with Crippen molar-refractivity contribution < 1.29 is 14.3 Å². The molecule has 0 fully saturated rings. The van der Waals surface area contributed by atoms with E-state index in [0.717, 1.165) is 5.56 Å². The maximum Gasteiger partial charge on any atom is 0.334 e. The van der Waals surface area contributed by atoms with Crippen molar-refractivity contribution in [1.82, 2.24) is 4.90 Å². The molecule has 1 aromatic rings. The number of ether oxygens (including phenoxy) is 2. The highest BCUT2D eigenvalue weighted by Gasteiger charge is 2.15. The Labute approximate surface area is 132 Å². The molecule has 1 aromatic carbocycles. The fourth-order valence-corrected chi connectivity index (χ4v) is 1.50. The van der Waals surface area contributed by atoms with Crippen molar-refractivity contribution in [3.63, 3.8) is 0 Å². The zero-order valence-electron chi connectivity index (χ0n) is 13.3. The molecule has 0 aliphatic heterocycles. The van der Waals surface area contributed by atoms with Gasteiger partial charge in [0.05, 0.1) is 7.11 Å². The summed E-state index contributed by atoms with van der Waals surface area (Å²) in [7, 11) is 6.72. The summed E-state index contributed by atoms with van der Waals surface area (Å²) in [6.45, 7) is 5.53. The summed E-state index contributed by atoms with van der Waals surface area (Å²) >= 11 is 5.77. The Bertz CT molecular complexity index is 434. The smallest absolute Gasteiger partial charge is 0.334 e. The normalized spacial score (nSPS) is 12.9. The summed E-state index contributed by atoms with van der Waals surface area (Å²) in [5, 5.41) is 0. The molecule has 2 unspecified atom stereocenters. The van der Waals surface area contributed by atoms with Crippen LogP contribution in [0.15, 0.2) is 42.5 Å². The number of hydrogen-bond donors (Lipinski definition) is 0. The summed E-state index contributed by atoms with van der Waals surface area (Å²) in [4.78, 5) is 12.8. The number of hydrogen-bond acceptors (Lipinski definition) is 4. The van der Waals surface area contributed by atoms with E-state index in [-0.39, 0.29) is 17.6 Å². The second kappa shape index (κ2) is 10.4. The molecule has 0 heterocycles. The Hall–Kier alpha value is -1.36. The first-order valence-electron chi connectivity index (χ1n) is 6.50. The van der Waals surface area contributed by atoms with E-state index in [2.05, 4.69) is 11.3 Å². The van der Waals surface area contributed by atoms with E-state index < -0.39 is 0 Å². The molecule has 4 nitrogen and oxygen atoms in total. The molecule has 2 atom stereocenters. The summed E-state index contributed by atoms with van der Waals surface area (Å²) in [5.74, 6) is -0.341. The Morgan fingerprint density at radius 3 is 2.14 bits per heavy atom. The molecule has 0 aliphatic rings. The largest absolute Gasteiger partial charge is 0.466 e. The molecule has 21 heavy (non-hydrogen) atoms. The van der Waals surface area contributed by atoms with Crippen molar-refractivity contribution in [3.05, 3.63) is 48.0 Å². The maximum absolute atomic E-state index is 10.9. The van der Waals surface area contributed by atoms with Gasteiger partial charge in [-0.2, -0.15) is 0 Å². The number of halogens is 1. The van der Waals surface area contributed by atoms with E-state index in [0.29, 0.717) is 5.57 Å². The molecule has 1 rings (SSSR count). The molecular weight excluding hydrogens is 290 g/mol. The highest BCUT2D eigenvalue weighted by molar-refractivity contribution is 6.19. The van der Waals surface area contributed by atoms with Crippen LogP contribution < -0.4 is 0 Å². The second-order valence-electron chi connectivity index (χ2n) is 4.62. The van der Waals surface area contributed by atoms with E-state index in [4.69, 9.17) is 16.3 Å². The van der Waals surface area contributed by atoms with Crippen molar-refractivity contribution in [1.29, 1.82) is 0 Å². The third kappa shape index (κ3) is 7.27. The highest BCUT2D eigenvalue weighted by atomic mass is 35.5. The number of rotatable bonds is 5. The first-order chi connectivity index (χ1) is 9.84. The minimum Gasteiger partial charge on any atom is -0.466 e. The zero-order chi connectivity index (χ0) is 16.4. The lowest BCUT2D eigenvalue weighted by Gasteiger charge is -2.20. The Morgan fingerprint density at radius 1 is 1.24 bits per heavy atom. The third-order valence-electron chi connectivity index (χ3n) is 3.00. The minimum absolute atomic E-state index is 0.0300. The highest BCUT2D eigenvalue weighted by Crippen LogP contribution is 2.19. The van der Waals surface area contributed by atoms with Gasteiger partial charge in [-0.25, -0.2) is 4.79 Å². The zero-order valence-corrected chi connectivity index (χ0v) is 14.1. The number of esters is 1. The van der Waals surface area contributed by atoms with Gasteiger partial charge in [-0.05, 0) is 26.6 Å². The molecule has 0 N–H and O–H groups in total. The first kappa shape index (κ1) is 19.6. The van der Waals surface area contributed by atoms with Gasteiger partial charge in [-0.3, -0.25) is 0 Å². The first-order valence-corrected chi connectivity index (χ1v) is 6.94. The van der Waals surface area contributed by atoms with E-state index in [1.54, 1.807) is 7.11 Å². The summed E-state index contributed by atoms with van der Waals surface area (Å²) in [6, 6.07) is 9.71. The van der Waals surface area contributed by atoms with Crippen LogP contribution in [-0.2, 0) is 14.3 Å². The predicted octanol–water partition coefficient (Wildman–Crippen LogP) is 3.24. The molecule has 118 valence electrons. The summed E-state index contributed by atoms with van der Waals surface area (Å²) in [6.07, 6.45) is 0. The van der Waals surface area contributed by atoms with Gasteiger partial charge in [0.1, 0.15) is 0 Å². The number of benzene rings is 1. The van der Waals surface area contributed by atoms with E-state index >= 15 is 0 Å². The van der Waals surface area contributed by atoms with Crippen LogP contribution in [0.25, 0.3) is 0 Å². The lowest BCUT2D eigenvalue weighted by atomic mass is 10.1. The Kier molecular flexibility index (Phi) is 9.71. The van der Waals surface area contributed by atoms with Crippen molar-refractivity contribution in [2.75, 3.05) is 28.3 Å². The van der Waals surface area contributed by atoms with Crippen molar-refractivity contribution in [3.8, 4) is 0 Å². The number of methoxy groups -OCH3 is 2. The van der Waals surface area contributed by atoms with Gasteiger partial charge in [0.15, 0.2) is 5.56 Å². The SMILES string of the molecule is C=C(C(=O)OC)C(C)N(C)C.COC(Cl)c1ccccc1. The molecule has 0 aromatic heterocycles. The van der Waals surface area contributed by atoms with Crippen LogP contribution in [0, 0.1) is 0 Å². The number of alkyl halides is 1. The van der Waals surface area contributed by atoms with Crippen molar-refractivity contribution >= 4 is 17.6 Å². The number of likely N-dealkylation sites (N-methyl/N-ethyl adjacent to an activating group) is 1. The van der Waals surface area contributed by atoms with Crippen molar-refractivity contribution in [2.45, 2.75) is 18.5 Å². The number of carbonyl (C=O) groups is 1. The Morgan fingerprint density at radius 2 is 1.76 bits per heavy atom. The molecule has 0 amide bonds. The summed E-state index contributed by atoms with van der Waals surface area (Å²) in [5.41, 5.74) is 1.16. The van der Waals surface area contributed by atoms with Crippen LogP contribution in [-0.4, -0.2) is 45.2 Å². The monoisotopic (exact) mass is 313 g/mol. The predicted molar refractivity (Wildman–Crippen MR) is 86.4 cm³/mol. The average molecular weight is 314 g/mol. The fourth-order valence-electron chi connectivity index (χ4n) is 1.35. The van der Waals surface area contributed by atoms with Crippen LogP contribution >= 0.6 is 11.6 Å². The maximum atomic E-state index is 10.9. The number of nitrogens with zero attached hydrogens (tertiary/aromatic N) is 1.